The fraction of sp³-hybridized carbons (Fsp3) is 0. The van der Waals surface area contributed by atoms with Gasteiger partial charge in [-0.3, -0.25) is 0 Å². The zero-order valence-electron chi connectivity index (χ0n) is 4.67. The summed E-state index contributed by atoms with van der Waals surface area (Å²) in [4.78, 5) is 10.2. The van der Waals surface area contributed by atoms with Crippen molar-refractivity contribution in [2.75, 3.05) is 0 Å². The number of halogens is 1. The lowest BCUT2D eigenvalue weighted by molar-refractivity contribution is 0.0654. The number of carboxylic acids is 1. The molecule has 1 aromatic rings. The van der Waals surface area contributed by atoms with E-state index in [0.29, 0.717) is 3.57 Å². The van der Waals surface area contributed by atoms with Gasteiger partial charge in [0.15, 0.2) is 0 Å². The topological polar surface area (TPSA) is 70.7 Å². The van der Waals surface area contributed by atoms with Gasteiger partial charge in [-0.05, 0) is 22.6 Å². The zero-order chi connectivity index (χ0) is 7.72. The van der Waals surface area contributed by atoms with Crippen LogP contribution in [0.2, 0.25) is 0 Å². The van der Waals surface area contributed by atoms with E-state index in [9.17, 15) is 4.79 Å². The molecular weight excluding hydrogens is 251 g/mol. The first kappa shape index (κ1) is 7.39. The zero-order valence-corrected chi connectivity index (χ0v) is 6.82. The number of hydrogen-bond acceptors (Lipinski definition) is 3. The van der Waals surface area contributed by atoms with Gasteiger partial charge in [-0.2, -0.15) is 0 Å². The molecule has 5 heteroatoms. The van der Waals surface area contributed by atoms with E-state index in [-0.39, 0.29) is 11.7 Å². The molecule has 0 aromatic carbocycles. The van der Waals surface area contributed by atoms with Crippen LogP contribution >= 0.6 is 22.6 Å². The Morgan fingerprint density at radius 1 is 1.70 bits per heavy atom. The quantitative estimate of drug-likeness (QED) is 0.740. The van der Waals surface area contributed by atoms with Crippen LogP contribution in [-0.2, 0) is 0 Å². The Balaban J connectivity index is 3.15. The number of hydrogen-bond donors (Lipinski definition) is 2. The minimum Gasteiger partial charge on any atom is -0.481 e. The molecule has 10 heavy (non-hydrogen) atoms. The van der Waals surface area contributed by atoms with Gasteiger partial charge in [-0.25, -0.2) is 4.79 Å². The van der Waals surface area contributed by atoms with E-state index in [0.717, 1.165) is 0 Å². The molecule has 1 aromatic heterocycles. The van der Waals surface area contributed by atoms with Crippen LogP contribution in [0, 0.1) is 3.57 Å². The Hall–Kier alpha value is -0.720. The molecule has 0 aliphatic heterocycles. The number of furan rings is 1. The average molecular weight is 254 g/mol. The molecule has 0 radical (unpaired) electrons. The molecule has 1 heterocycles. The van der Waals surface area contributed by atoms with Gasteiger partial charge in [0, 0.05) is 6.07 Å². The lowest BCUT2D eigenvalue weighted by Crippen LogP contribution is -1.94. The molecule has 0 spiro atoms. The fourth-order valence-corrected chi connectivity index (χ4v) is 1.11. The third-order valence-corrected chi connectivity index (χ3v) is 1.67. The van der Waals surface area contributed by atoms with Crippen molar-refractivity contribution in [3.05, 3.63) is 15.4 Å². The van der Waals surface area contributed by atoms with Crippen molar-refractivity contribution in [1.29, 1.82) is 0 Å². The van der Waals surface area contributed by atoms with E-state index in [4.69, 9.17) is 10.2 Å². The maximum Gasteiger partial charge on any atom is 0.373 e. The highest BCUT2D eigenvalue weighted by molar-refractivity contribution is 14.1. The molecule has 54 valence electrons. The average Bonchev–Trinajstić information content (AvgIpc) is 2.10. The van der Waals surface area contributed by atoms with Gasteiger partial charge in [0.1, 0.15) is 0 Å². The molecular formula is C5H3IO4. The summed E-state index contributed by atoms with van der Waals surface area (Å²) in [7, 11) is 0. The first-order chi connectivity index (χ1) is 4.61. The Labute approximate surface area is 69.6 Å². The standard InChI is InChI=1S/C5H3IO4/c6-2-1-3(7)10-4(2)5(8)9/h1,7H,(H,8,9). The molecule has 0 aliphatic rings. The van der Waals surface area contributed by atoms with Crippen LogP contribution in [0.15, 0.2) is 10.5 Å². The number of carboxylic acid groups (broad SMARTS) is 1. The van der Waals surface area contributed by atoms with Gasteiger partial charge in [0.25, 0.3) is 5.95 Å². The first-order valence-electron chi connectivity index (χ1n) is 2.33. The molecule has 0 saturated carbocycles. The van der Waals surface area contributed by atoms with Gasteiger partial charge >= 0.3 is 5.97 Å². The molecule has 0 bridgehead atoms. The second kappa shape index (κ2) is 2.49. The first-order valence-corrected chi connectivity index (χ1v) is 3.40. The van der Waals surface area contributed by atoms with Gasteiger partial charge in [0.2, 0.25) is 5.76 Å². The molecule has 4 nitrogen and oxygen atoms in total. The summed E-state index contributed by atoms with van der Waals surface area (Å²) in [5.74, 6) is -1.77. The number of rotatable bonds is 1. The molecule has 0 fully saturated rings. The third kappa shape index (κ3) is 1.23. The lowest BCUT2D eigenvalue weighted by Gasteiger charge is -1.84. The monoisotopic (exact) mass is 254 g/mol. The summed E-state index contributed by atoms with van der Waals surface area (Å²) < 4.78 is 4.82. The smallest absolute Gasteiger partial charge is 0.373 e. The van der Waals surface area contributed by atoms with Crippen molar-refractivity contribution >= 4 is 28.6 Å². The highest BCUT2D eigenvalue weighted by atomic mass is 127. The van der Waals surface area contributed by atoms with E-state index in [1.54, 1.807) is 22.6 Å². The third-order valence-electron chi connectivity index (χ3n) is 0.868. The Morgan fingerprint density at radius 2 is 2.30 bits per heavy atom. The van der Waals surface area contributed by atoms with Crippen molar-refractivity contribution in [2.24, 2.45) is 0 Å². The Bertz CT molecular complexity index is 265. The van der Waals surface area contributed by atoms with Crippen molar-refractivity contribution in [3.63, 3.8) is 0 Å². The van der Waals surface area contributed by atoms with E-state index < -0.39 is 5.97 Å². The lowest BCUT2D eigenvalue weighted by atomic mass is 10.5. The summed E-state index contributed by atoms with van der Waals surface area (Å²) in [6.45, 7) is 0. The van der Waals surface area contributed by atoms with E-state index in [2.05, 4.69) is 4.42 Å². The second-order valence-electron chi connectivity index (χ2n) is 1.57. The summed E-state index contributed by atoms with van der Waals surface area (Å²) in [5, 5.41) is 17.0. The predicted octanol–water partition coefficient (Wildman–Crippen LogP) is 1.29. The van der Waals surface area contributed by atoms with Crippen LogP contribution < -0.4 is 0 Å². The van der Waals surface area contributed by atoms with Crippen LogP contribution in [0.4, 0.5) is 0 Å². The van der Waals surface area contributed by atoms with E-state index in [1.165, 1.54) is 6.07 Å². The largest absolute Gasteiger partial charge is 0.481 e. The number of aromatic hydroxyl groups is 1. The second-order valence-corrected chi connectivity index (χ2v) is 2.73. The van der Waals surface area contributed by atoms with Crippen molar-refractivity contribution in [1.82, 2.24) is 0 Å². The molecule has 0 aliphatic carbocycles. The molecule has 2 N–H and O–H groups in total. The number of carbonyl (C=O) groups is 1. The van der Waals surface area contributed by atoms with Crippen molar-refractivity contribution in [3.8, 4) is 5.95 Å². The van der Waals surface area contributed by atoms with Crippen LogP contribution in [-0.4, -0.2) is 16.2 Å². The van der Waals surface area contributed by atoms with Crippen LogP contribution in [0.1, 0.15) is 10.6 Å². The van der Waals surface area contributed by atoms with E-state index in [1.807, 2.05) is 0 Å². The predicted molar refractivity (Wildman–Crippen MR) is 40.0 cm³/mol. The highest BCUT2D eigenvalue weighted by Gasteiger charge is 2.14. The van der Waals surface area contributed by atoms with Gasteiger partial charge in [-0.15, -0.1) is 0 Å². The fourth-order valence-electron chi connectivity index (χ4n) is 0.503. The van der Waals surface area contributed by atoms with Crippen LogP contribution in [0.3, 0.4) is 0 Å². The maximum atomic E-state index is 10.2. The van der Waals surface area contributed by atoms with Crippen LogP contribution in [0.25, 0.3) is 0 Å². The van der Waals surface area contributed by atoms with E-state index >= 15 is 0 Å². The van der Waals surface area contributed by atoms with Crippen molar-refractivity contribution < 1.29 is 19.4 Å². The molecule has 0 amide bonds. The Kier molecular flexibility index (Phi) is 1.84. The highest BCUT2D eigenvalue weighted by Crippen LogP contribution is 2.21. The van der Waals surface area contributed by atoms with Crippen LogP contribution in [0.5, 0.6) is 5.95 Å². The molecule has 0 saturated heterocycles. The normalized spacial score (nSPS) is 9.70. The Morgan fingerprint density at radius 3 is 2.50 bits per heavy atom. The maximum absolute atomic E-state index is 10.2. The van der Waals surface area contributed by atoms with Gasteiger partial charge in [-0.1, -0.05) is 0 Å². The van der Waals surface area contributed by atoms with Crippen molar-refractivity contribution in [2.45, 2.75) is 0 Å². The van der Waals surface area contributed by atoms with Gasteiger partial charge < -0.3 is 14.6 Å². The summed E-state index contributed by atoms with van der Waals surface area (Å²) in [6.07, 6.45) is 0. The number of aromatic carboxylic acids is 1. The minimum absolute atomic E-state index is 0.224. The summed E-state index contributed by atoms with van der Waals surface area (Å²) in [6, 6.07) is 1.24. The SMILES string of the molecule is O=C(O)c1oc(O)cc1I. The molecule has 0 unspecified atom stereocenters. The molecule has 1 rings (SSSR count). The summed E-state index contributed by atoms with van der Waals surface area (Å²) in [5.41, 5.74) is 0. The molecule has 0 atom stereocenters. The summed E-state index contributed by atoms with van der Waals surface area (Å²) >= 11 is 1.76. The minimum atomic E-state index is -1.18. The van der Waals surface area contributed by atoms with Gasteiger partial charge in [0.05, 0.1) is 3.57 Å².